The zero-order valence-electron chi connectivity index (χ0n) is 10.2. The summed E-state index contributed by atoms with van der Waals surface area (Å²) in [7, 11) is 0. The largest absolute Gasteiger partial charge is 0.378 e. The van der Waals surface area contributed by atoms with E-state index in [2.05, 4.69) is 27.7 Å². The molecule has 0 amide bonds. The molecule has 0 saturated heterocycles. The molecule has 0 heterocycles. The normalized spacial score (nSPS) is 15.4. The lowest BCUT2D eigenvalue weighted by atomic mass is 10.1. The first-order valence-electron chi connectivity index (χ1n) is 5.97. The van der Waals surface area contributed by atoms with E-state index in [-0.39, 0.29) is 0 Å². The van der Waals surface area contributed by atoms with Crippen LogP contribution in [0.2, 0.25) is 0 Å². The Morgan fingerprint density at radius 2 is 1.71 bits per heavy atom. The molecule has 0 rings (SSSR count). The Morgan fingerprint density at radius 3 is 2.21 bits per heavy atom. The molecule has 86 valence electrons. The van der Waals surface area contributed by atoms with Crippen molar-refractivity contribution in [2.75, 3.05) is 13.2 Å². The van der Waals surface area contributed by atoms with Crippen LogP contribution < -0.4 is 0 Å². The first kappa shape index (κ1) is 13.9. The summed E-state index contributed by atoms with van der Waals surface area (Å²) >= 11 is 0. The van der Waals surface area contributed by atoms with Crippen molar-refractivity contribution in [2.45, 2.75) is 65.6 Å². The molecule has 0 aromatic heterocycles. The third-order valence-corrected chi connectivity index (χ3v) is 2.43. The minimum absolute atomic E-state index is 0.388. The van der Waals surface area contributed by atoms with Gasteiger partial charge in [-0.3, -0.25) is 0 Å². The highest BCUT2D eigenvalue weighted by molar-refractivity contribution is 4.57. The highest BCUT2D eigenvalue weighted by atomic mass is 16.5. The zero-order valence-corrected chi connectivity index (χ0v) is 10.2. The lowest BCUT2D eigenvalue weighted by Gasteiger charge is -2.17. The second kappa shape index (κ2) is 9.47. The molecule has 1 unspecified atom stereocenters. The van der Waals surface area contributed by atoms with Crippen LogP contribution in [-0.4, -0.2) is 25.4 Å². The van der Waals surface area contributed by atoms with Gasteiger partial charge >= 0.3 is 0 Å². The molecule has 2 heteroatoms. The van der Waals surface area contributed by atoms with Crippen molar-refractivity contribution in [2.24, 2.45) is 0 Å². The molecule has 0 aliphatic heterocycles. The Balaban J connectivity index is 3.49. The Hall–Kier alpha value is -0.0800. The van der Waals surface area contributed by atoms with Gasteiger partial charge in [0, 0.05) is 13.2 Å². The van der Waals surface area contributed by atoms with Crippen LogP contribution in [0.1, 0.15) is 53.4 Å². The highest BCUT2D eigenvalue weighted by Crippen LogP contribution is 2.08. The van der Waals surface area contributed by atoms with E-state index in [1.807, 2.05) is 0 Å². The molecule has 0 radical (unpaired) electrons. The van der Waals surface area contributed by atoms with Gasteiger partial charge in [-0.1, -0.05) is 20.3 Å². The minimum Gasteiger partial charge on any atom is -0.378 e. The monoisotopic (exact) mass is 202 g/mol. The van der Waals surface area contributed by atoms with Gasteiger partial charge in [-0.15, -0.1) is 0 Å². The number of ether oxygens (including phenoxy) is 2. The molecule has 0 aromatic rings. The fourth-order valence-electron chi connectivity index (χ4n) is 1.39. The van der Waals surface area contributed by atoms with Crippen LogP contribution in [0.25, 0.3) is 0 Å². The summed E-state index contributed by atoms with van der Waals surface area (Å²) in [6, 6.07) is 0. The van der Waals surface area contributed by atoms with Crippen LogP contribution in [0.5, 0.6) is 0 Å². The predicted molar refractivity (Wildman–Crippen MR) is 60.6 cm³/mol. The van der Waals surface area contributed by atoms with Crippen LogP contribution in [0.15, 0.2) is 0 Å². The molecule has 0 aromatic carbocycles. The van der Waals surface area contributed by atoms with Crippen molar-refractivity contribution in [1.29, 1.82) is 0 Å². The average Bonchev–Trinajstić information content (AvgIpc) is 2.18. The van der Waals surface area contributed by atoms with Gasteiger partial charge in [0.2, 0.25) is 0 Å². The zero-order chi connectivity index (χ0) is 10.8. The maximum atomic E-state index is 5.63. The van der Waals surface area contributed by atoms with Crippen molar-refractivity contribution in [3.63, 3.8) is 0 Å². The first-order valence-corrected chi connectivity index (χ1v) is 5.97. The summed E-state index contributed by atoms with van der Waals surface area (Å²) in [5.41, 5.74) is 0. The Morgan fingerprint density at radius 1 is 1.00 bits per heavy atom. The van der Waals surface area contributed by atoms with Gasteiger partial charge in [-0.2, -0.15) is 0 Å². The molecule has 2 nitrogen and oxygen atoms in total. The van der Waals surface area contributed by atoms with Gasteiger partial charge in [0.15, 0.2) is 0 Å². The fraction of sp³-hybridized carbons (Fsp3) is 1.00. The van der Waals surface area contributed by atoms with Crippen molar-refractivity contribution >= 4 is 0 Å². The summed E-state index contributed by atoms with van der Waals surface area (Å²) in [6.07, 6.45) is 5.25. The molecule has 0 bridgehead atoms. The molecule has 14 heavy (non-hydrogen) atoms. The van der Waals surface area contributed by atoms with Crippen molar-refractivity contribution in [1.82, 2.24) is 0 Å². The Bertz CT molecular complexity index is 109. The standard InChI is InChI=1S/C12H26O2/c1-5-8-12(13-7-3)9-10-14-11(4)6-2/h11-12H,5-10H2,1-4H3/t11-,12?/m1/s1. The average molecular weight is 202 g/mol. The molecule has 0 spiro atoms. The minimum atomic E-state index is 0.388. The van der Waals surface area contributed by atoms with E-state index in [9.17, 15) is 0 Å². The lowest BCUT2D eigenvalue weighted by Crippen LogP contribution is -2.17. The van der Waals surface area contributed by atoms with E-state index in [0.29, 0.717) is 12.2 Å². The third-order valence-electron chi connectivity index (χ3n) is 2.43. The summed E-state index contributed by atoms with van der Waals surface area (Å²) in [6.45, 7) is 10.2. The molecule has 0 aliphatic rings. The number of hydrogen-bond acceptors (Lipinski definition) is 2. The van der Waals surface area contributed by atoms with Crippen molar-refractivity contribution < 1.29 is 9.47 Å². The lowest BCUT2D eigenvalue weighted by molar-refractivity contribution is 0.00337. The molecule has 0 aliphatic carbocycles. The topological polar surface area (TPSA) is 18.5 Å². The van der Waals surface area contributed by atoms with Gasteiger partial charge in [-0.25, -0.2) is 0 Å². The molecule has 0 saturated carbocycles. The van der Waals surface area contributed by atoms with Gasteiger partial charge < -0.3 is 9.47 Å². The SMILES string of the molecule is CCCC(CCO[C@H](C)CC)OCC. The maximum absolute atomic E-state index is 5.63. The molecule has 0 fully saturated rings. The van der Waals surface area contributed by atoms with Crippen molar-refractivity contribution in [3.8, 4) is 0 Å². The van der Waals surface area contributed by atoms with E-state index in [1.165, 1.54) is 6.42 Å². The van der Waals surface area contributed by atoms with E-state index in [1.54, 1.807) is 0 Å². The van der Waals surface area contributed by atoms with Crippen LogP contribution >= 0.6 is 0 Å². The number of hydrogen-bond donors (Lipinski definition) is 0. The third kappa shape index (κ3) is 7.34. The van der Waals surface area contributed by atoms with E-state index in [4.69, 9.17) is 9.47 Å². The smallest absolute Gasteiger partial charge is 0.0596 e. The quantitative estimate of drug-likeness (QED) is 0.570. The van der Waals surface area contributed by atoms with E-state index in [0.717, 1.165) is 32.5 Å². The van der Waals surface area contributed by atoms with Crippen LogP contribution in [0, 0.1) is 0 Å². The van der Waals surface area contributed by atoms with Crippen LogP contribution in [0.3, 0.4) is 0 Å². The molecular formula is C12H26O2. The summed E-state index contributed by atoms with van der Waals surface area (Å²) in [4.78, 5) is 0. The van der Waals surface area contributed by atoms with E-state index >= 15 is 0 Å². The Kier molecular flexibility index (Phi) is 9.42. The van der Waals surface area contributed by atoms with Crippen LogP contribution in [-0.2, 0) is 9.47 Å². The highest BCUT2D eigenvalue weighted by Gasteiger charge is 2.07. The van der Waals surface area contributed by atoms with Gasteiger partial charge in [-0.05, 0) is 33.1 Å². The second-order valence-electron chi connectivity index (χ2n) is 3.74. The summed E-state index contributed by atoms with van der Waals surface area (Å²) in [5.74, 6) is 0. The predicted octanol–water partition coefficient (Wildman–Crippen LogP) is 3.40. The molecule has 0 N–H and O–H groups in total. The maximum Gasteiger partial charge on any atom is 0.0596 e. The Labute approximate surface area is 89.0 Å². The summed E-state index contributed by atoms with van der Waals surface area (Å²) < 4.78 is 11.3. The van der Waals surface area contributed by atoms with E-state index < -0.39 is 0 Å². The molecule has 2 atom stereocenters. The van der Waals surface area contributed by atoms with Gasteiger partial charge in [0.05, 0.1) is 12.2 Å². The van der Waals surface area contributed by atoms with Gasteiger partial charge in [0.25, 0.3) is 0 Å². The first-order chi connectivity index (χ1) is 6.74. The van der Waals surface area contributed by atoms with Crippen molar-refractivity contribution in [3.05, 3.63) is 0 Å². The fourth-order valence-corrected chi connectivity index (χ4v) is 1.39. The number of rotatable bonds is 9. The molecular weight excluding hydrogens is 176 g/mol. The van der Waals surface area contributed by atoms with Crippen LogP contribution in [0.4, 0.5) is 0 Å². The second-order valence-corrected chi connectivity index (χ2v) is 3.74. The van der Waals surface area contributed by atoms with Gasteiger partial charge in [0.1, 0.15) is 0 Å². The summed E-state index contributed by atoms with van der Waals surface area (Å²) in [5, 5.41) is 0.